The number of primary amides is 1. The molecule has 1 rings (SSSR count). The van der Waals surface area contributed by atoms with Crippen LogP contribution in [0.1, 0.15) is 32.3 Å². The predicted octanol–water partition coefficient (Wildman–Crippen LogP) is 0.123. The summed E-state index contributed by atoms with van der Waals surface area (Å²) >= 11 is 0. The van der Waals surface area contributed by atoms with Crippen LogP contribution in [0.5, 0.6) is 0 Å². The minimum absolute atomic E-state index is 0.0977. The van der Waals surface area contributed by atoms with Crippen molar-refractivity contribution >= 4 is 35.1 Å². The third-order valence-electron chi connectivity index (χ3n) is 6.27. The molecule has 0 heterocycles. The molecule has 46 heavy (non-hydrogen) atoms. The summed E-state index contributed by atoms with van der Waals surface area (Å²) in [6.45, 7) is 8.84. The Hall–Kier alpha value is -3.47. The highest BCUT2D eigenvalue weighted by atomic mass is 16.6. The van der Waals surface area contributed by atoms with Crippen molar-refractivity contribution in [2.45, 2.75) is 45.7 Å². The maximum absolute atomic E-state index is 12.7. The van der Waals surface area contributed by atoms with Gasteiger partial charge in [-0.1, -0.05) is 24.6 Å². The molecule has 0 bridgehead atoms. The summed E-state index contributed by atoms with van der Waals surface area (Å²) in [7, 11) is 1.61. The molecular weight excluding hydrogens is 604 g/mol. The number of anilines is 1. The number of Topliss-reactive ketones (excluding diaryl/α,β-unsaturated/α-hetero) is 1. The molecule has 260 valence electrons. The van der Waals surface area contributed by atoms with Crippen LogP contribution in [-0.2, 0) is 52.4 Å². The van der Waals surface area contributed by atoms with Gasteiger partial charge in [-0.05, 0) is 26.0 Å². The summed E-state index contributed by atoms with van der Waals surface area (Å²) in [6, 6.07) is 4.66. The molecule has 3 atom stereocenters. The molecule has 0 unspecified atom stereocenters. The molecule has 5 N–H and O–H groups in total. The average Bonchev–Trinajstić information content (AvgIpc) is 3.01. The Balaban J connectivity index is 2.22. The van der Waals surface area contributed by atoms with E-state index < -0.39 is 48.1 Å². The topological polar surface area (TPSA) is 203 Å². The zero-order chi connectivity index (χ0) is 34.2. The van der Waals surface area contributed by atoms with Crippen LogP contribution in [0.4, 0.5) is 5.69 Å². The van der Waals surface area contributed by atoms with Crippen molar-refractivity contribution in [1.82, 2.24) is 10.6 Å². The maximum atomic E-state index is 12.7. The summed E-state index contributed by atoms with van der Waals surface area (Å²) in [4.78, 5) is 61.8. The van der Waals surface area contributed by atoms with Crippen molar-refractivity contribution < 1.29 is 52.4 Å². The molecule has 0 aliphatic rings. The fourth-order valence-corrected chi connectivity index (χ4v) is 3.70. The number of methoxy groups -OCH3 is 1. The summed E-state index contributed by atoms with van der Waals surface area (Å²) in [5.74, 6) is -3.68. The number of nitrogens with two attached hydrogens (primary N) is 1. The molecule has 4 amide bonds. The molecular formula is C31H50N4O11. The van der Waals surface area contributed by atoms with Gasteiger partial charge >= 0.3 is 0 Å². The molecule has 0 spiro atoms. The molecule has 0 aliphatic heterocycles. The second kappa shape index (κ2) is 24.7. The van der Waals surface area contributed by atoms with E-state index in [-0.39, 0.29) is 32.0 Å². The van der Waals surface area contributed by atoms with Crippen LogP contribution in [0.25, 0.3) is 0 Å². The smallest absolute Gasteiger partial charge is 0.247 e. The first-order valence-corrected chi connectivity index (χ1v) is 15.2. The lowest BCUT2D eigenvalue weighted by atomic mass is 10.0. The van der Waals surface area contributed by atoms with E-state index in [9.17, 15) is 24.0 Å². The lowest BCUT2D eigenvalue weighted by Crippen LogP contribution is -2.53. The quantitative estimate of drug-likeness (QED) is 0.0939. The lowest BCUT2D eigenvalue weighted by Gasteiger charge is -2.21. The van der Waals surface area contributed by atoms with E-state index in [1.54, 1.807) is 38.3 Å². The number of benzene rings is 1. The van der Waals surface area contributed by atoms with Gasteiger partial charge in [0.25, 0.3) is 0 Å². The SMILES string of the molecule is COCCOCCOCCOCCOCCOCC(=O)C[C@H](C)C(=O)N[C@H](C)C(=O)N[C@H](CC(N)=O)C(=O)Nc1ccc(C)cc1. The first-order valence-electron chi connectivity index (χ1n) is 15.2. The Morgan fingerprint density at radius 1 is 0.674 bits per heavy atom. The summed E-state index contributed by atoms with van der Waals surface area (Å²) in [5, 5.41) is 7.60. The minimum atomic E-state index is -1.25. The Bertz CT molecular complexity index is 1060. The molecule has 0 saturated carbocycles. The number of carbonyl (C=O) groups excluding carboxylic acids is 5. The molecule has 0 fully saturated rings. The van der Waals surface area contributed by atoms with Gasteiger partial charge in [-0.25, -0.2) is 0 Å². The van der Waals surface area contributed by atoms with Crippen molar-refractivity contribution in [3.05, 3.63) is 29.8 Å². The average molecular weight is 655 g/mol. The number of amides is 4. The maximum Gasteiger partial charge on any atom is 0.247 e. The Labute approximate surface area is 270 Å². The highest BCUT2D eigenvalue weighted by Crippen LogP contribution is 2.10. The lowest BCUT2D eigenvalue weighted by molar-refractivity contribution is -0.134. The summed E-state index contributed by atoms with van der Waals surface area (Å²) in [5.41, 5.74) is 6.74. The van der Waals surface area contributed by atoms with Crippen LogP contribution in [-0.4, -0.2) is 121 Å². The van der Waals surface area contributed by atoms with Gasteiger partial charge in [-0.2, -0.15) is 0 Å². The number of nitrogens with one attached hydrogen (secondary N) is 3. The van der Waals surface area contributed by atoms with Crippen molar-refractivity contribution in [1.29, 1.82) is 0 Å². The first kappa shape index (κ1) is 40.6. The Morgan fingerprint density at radius 3 is 1.67 bits per heavy atom. The second-order valence-electron chi connectivity index (χ2n) is 10.5. The van der Waals surface area contributed by atoms with Gasteiger partial charge in [-0.15, -0.1) is 0 Å². The monoisotopic (exact) mass is 654 g/mol. The van der Waals surface area contributed by atoms with Gasteiger partial charge in [-0.3, -0.25) is 24.0 Å². The summed E-state index contributed by atoms with van der Waals surface area (Å²) < 4.78 is 31.6. The van der Waals surface area contributed by atoms with Gasteiger partial charge in [0.15, 0.2) is 5.78 Å². The molecule has 15 nitrogen and oxygen atoms in total. The highest BCUT2D eigenvalue weighted by molar-refractivity contribution is 6.00. The Morgan fingerprint density at radius 2 is 1.17 bits per heavy atom. The van der Waals surface area contributed by atoms with E-state index in [2.05, 4.69) is 16.0 Å². The van der Waals surface area contributed by atoms with Gasteiger partial charge in [0.2, 0.25) is 23.6 Å². The van der Waals surface area contributed by atoms with Crippen molar-refractivity contribution in [3.63, 3.8) is 0 Å². The standard InChI is InChI=1S/C31H50N4O11/c1-22-5-7-25(8-6-22)34-31(40)27(20-28(32)37)35-30(39)24(3)33-29(38)23(2)19-26(36)21-46-18-17-45-16-15-44-14-13-43-12-11-42-10-9-41-4/h5-8,23-24,27H,9-21H2,1-4H3,(H2,32,37)(H,33,38)(H,34,40)(H,35,39)/t23-,24+,27+/m0/s1. The number of ether oxygens (including phenoxy) is 6. The van der Waals surface area contributed by atoms with E-state index >= 15 is 0 Å². The predicted molar refractivity (Wildman–Crippen MR) is 168 cm³/mol. The number of carbonyl (C=O) groups is 5. The minimum Gasteiger partial charge on any atom is -0.382 e. The molecule has 0 aromatic heterocycles. The van der Waals surface area contributed by atoms with E-state index in [0.717, 1.165) is 5.56 Å². The molecule has 15 heteroatoms. The van der Waals surface area contributed by atoms with Crippen molar-refractivity contribution in [2.75, 3.05) is 85.1 Å². The van der Waals surface area contributed by atoms with Gasteiger partial charge < -0.3 is 50.1 Å². The fourth-order valence-electron chi connectivity index (χ4n) is 3.70. The molecule has 1 aromatic rings. The van der Waals surface area contributed by atoms with Crippen LogP contribution in [0.2, 0.25) is 0 Å². The van der Waals surface area contributed by atoms with Crippen LogP contribution in [0, 0.1) is 12.8 Å². The normalized spacial score (nSPS) is 13.0. The van der Waals surface area contributed by atoms with Gasteiger partial charge in [0.1, 0.15) is 18.7 Å². The number of hydrogen-bond acceptors (Lipinski definition) is 11. The number of rotatable bonds is 27. The van der Waals surface area contributed by atoms with Crippen LogP contribution in [0.15, 0.2) is 24.3 Å². The molecule has 1 aromatic carbocycles. The zero-order valence-electron chi connectivity index (χ0n) is 27.3. The van der Waals surface area contributed by atoms with E-state index in [1.807, 2.05) is 6.92 Å². The molecule has 0 aliphatic carbocycles. The van der Waals surface area contributed by atoms with Gasteiger partial charge in [0, 0.05) is 25.1 Å². The number of aryl methyl sites for hydroxylation is 1. The number of ketones is 1. The van der Waals surface area contributed by atoms with E-state index in [0.29, 0.717) is 58.5 Å². The van der Waals surface area contributed by atoms with E-state index in [4.69, 9.17) is 34.2 Å². The first-order chi connectivity index (χ1) is 22.0. The van der Waals surface area contributed by atoms with Crippen molar-refractivity contribution in [2.24, 2.45) is 11.7 Å². The van der Waals surface area contributed by atoms with Crippen LogP contribution < -0.4 is 21.7 Å². The van der Waals surface area contributed by atoms with Gasteiger partial charge in [0.05, 0.1) is 72.5 Å². The fraction of sp³-hybridized carbons (Fsp3) is 0.645. The third-order valence-corrected chi connectivity index (χ3v) is 6.27. The number of hydrogen-bond donors (Lipinski definition) is 4. The van der Waals surface area contributed by atoms with Crippen LogP contribution >= 0.6 is 0 Å². The largest absolute Gasteiger partial charge is 0.382 e. The second-order valence-corrected chi connectivity index (χ2v) is 10.5. The summed E-state index contributed by atoms with van der Waals surface area (Å²) in [6.07, 6.45) is -0.532. The third kappa shape index (κ3) is 19.8. The van der Waals surface area contributed by atoms with E-state index in [1.165, 1.54) is 6.92 Å². The molecule has 0 saturated heterocycles. The van der Waals surface area contributed by atoms with Crippen molar-refractivity contribution in [3.8, 4) is 0 Å². The highest BCUT2D eigenvalue weighted by Gasteiger charge is 2.27. The Kier molecular flexibility index (Phi) is 21.8. The zero-order valence-corrected chi connectivity index (χ0v) is 27.3. The van der Waals surface area contributed by atoms with Crippen LogP contribution in [0.3, 0.4) is 0 Å². The molecule has 0 radical (unpaired) electrons.